The van der Waals surface area contributed by atoms with Crippen molar-refractivity contribution in [2.45, 2.75) is 26.2 Å². The van der Waals surface area contributed by atoms with E-state index in [1.54, 1.807) is 0 Å². The topological polar surface area (TPSA) is 8.17 Å². The Bertz CT molecular complexity index is 2430. The number of rotatable bonds is 6. The van der Waals surface area contributed by atoms with Crippen LogP contribution in [-0.4, -0.2) is 4.57 Å². The van der Waals surface area contributed by atoms with E-state index in [4.69, 9.17) is 0 Å². The van der Waals surface area contributed by atoms with Gasteiger partial charge >= 0.3 is 0 Å². The van der Waals surface area contributed by atoms with E-state index >= 15 is 0 Å². The molecule has 0 atom stereocenters. The lowest BCUT2D eigenvalue weighted by Gasteiger charge is -2.28. The first-order valence-electron chi connectivity index (χ1n) is 16.7. The number of allylic oxidation sites excluding steroid dienone is 1. The van der Waals surface area contributed by atoms with Crippen LogP contribution >= 0.6 is 0 Å². The van der Waals surface area contributed by atoms with E-state index < -0.39 is 0 Å². The highest BCUT2D eigenvalue weighted by atomic mass is 15.1. The largest absolute Gasteiger partial charge is 0.310 e. The van der Waals surface area contributed by atoms with Crippen LogP contribution in [0.25, 0.3) is 51.0 Å². The van der Waals surface area contributed by atoms with Crippen LogP contribution in [-0.2, 0) is 5.41 Å². The summed E-state index contributed by atoms with van der Waals surface area (Å²) >= 11 is 0. The quantitative estimate of drug-likeness (QED) is 0.180. The highest BCUT2D eigenvalue weighted by Crippen LogP contribution is 2.51. The molecule has 1 aliphatic carbocycles. The third-order valence-corrected chi connectivity index (χ3v) is 9.92. The maximum Gasteiger partial charge on any atom is 0.0540 e. The van der Waals surface area contributed by atoms with Crippen LogP contribution in [0, 0.1) is 0 Å². The first-order valence-corrected chi connectivity index (χ1v) is 16.7. The SMILES string of the molecule is C=C/C=c1\c(=C/C)c2ccccc2n1-c1ccc2c(c1)C(C)(C)c1cc(N(c3ccccc3)c3ccc(-c4ccccc4)cc3)ccc1-2. The first-order chi connectivity index (χ1) is 23.5. The number of aromatic nitrogens is 1. The monoisotopic (exact) mass is 618 g/mol. The van der Waals surface area contributed by atoms with Gasteiger partial charge in [0, 0.05) is 38.8 Å². The third kappa shape index (κ3) is 4.72. The van der Waals surface area contributed by atoms with E-state index in [0.29, 0.717) is 0 Å². The fraction of sp³-hybridized carbons (Fsp3) is 0.0870. The van der Waals surface area contributed by atoms with Crippen molar-refractivity contribution < 1.29 is 0 Å². The van der Waals surface area contributed by atoms with Crippen molar-refractivity contribution in [1.29, 1.82) is 0 Å². The minimum absolute atomic E-state index is 0.193. The summed E-state index contributed by atoms with van der Waals surface area (Å²) in [5.41, 5.74) is 13.3. The molecule has 232 valence electrons. The van der Waals surface area contributed by atoms with Crippen molar-refractivity contribution in [3.8, 4) is 27.9 Å². The van der Waals surface area contributed by atoms with E-state index in [2.05, 4.69) is 195 Å². The lowest BCUT2D eigenvalue weighted by Crippen LogP contribution is -2.28. The summed E-state index contributed by atoms with van der Waals surface area (Å²) in [7, 11) is 0. The van der Waals surface area contributed by atoms with E-state index in [-0.39, 0.29) is 5.41 Å². The molecule has 7 aromatic rings. The Morgan fingerprint density at radius 3 is 1.90 bits per heavy atom. The number of para-hydroxylation sites is 2. The van der Waals surface area contributed by atoms with Gasteiger partial charge in [0.2, 0.25) is 0 Å². The number of benzene rings is 6. The fourth-order valence-electron chi connectivity index (χ4n) is 7.59. The van der Waals surface area contributed by atoms with Gasteiger partial charge < -0.3 is 9.47 Å². The van der Waals surface area contributed by atoms with Crippen molar-refractivity contribution in [3.05, 3.63) is 180 Å². The van der Waals surface area contributed by atoms with Gasteiger partial charge in [-0.3, -0.25) is 0 Å². The predicted octanol–water partition coefficient (Wildman–Crippen LogP) is 10.8. The number of anilines is 3. The average Bonchev–Trinajstić information content (AvgIpc) is 3.56. The summed E-state index contributed by atoms with van der Waals surface area (Å²) in [6.07, 6.45) is 6.22. The molecule has 1 heterocycles. The summed E-state index contributed by atoms with van der Waals surface area (Å²) in [5.74, 6) is 0. The standard InChI is InChI=1S/C46H38N2/c1-5-15-44-38(6-2)41-20-13-14-21-45(41)48(44)37-27-29-40-39-28-26-36(30-42(39)46(3,4)43(40)31-37)47(34-18-11-8-12-19-34)35-24-22-33(23-25-35)32-16-9-7-10-17-32/h5-31H,1H2,2-4H3/b38-6-,44-15+. The van der Waals surface area contributed by atoms with Gasteiger partial charge in [-0.15, -0.1) is 0 Å². The average molecular weight is 619 g/mol. The van der Waals surface area contributed by atoms with Crippen LogP contribution in [0.1, 0.15) is 31.9 Å². The van der Waals surface area contributed by atoms with E-state index in [9.17, 15) is 0 Å². The molecular weight excluding hydrogens is 581 g/mol. The number of hydrogen-bond acceptors (Lipinski definition) is 1. The normalized spacial score (nSPS) is 13.8. The molecule has 48 heavy (non-hydrogen) atoms. The number of hydrogen-bond donors (Lipinski definition) is 0. The molecule has 6 aromatic carbocycles. The molecule has 0 aliphatic heterocycles. The summed E-state index contributed by atoms with van der Waals surface area (Å²) in [6.45, 7) is 10.9. The van der Waals surface area contributed by atoms with Crippen molar-refractivity contribution >= 4 is 40.1 Å². The molecule has 0 saturated heterocycles. The third-order valence-electron chi connectivity index (χ3n) is 9.92. The molecule has 8 rings (SSSR count). The Morgan fingerprint density at radius 1 is 0.604 bits per heavy atom. The molecule has 0 spiro atoms. The smallest absolute Gasteiger partial charge is 0.0540 e. The summed E-state index contributed by atoms with van der Waals surface area (Å²) < 4.78 is 2.38. The van der Waals surface area contributed by atoms with Gasteiger partial charge in [-0.25, -0.2) is 0 Å². The van der Waals surface area contributed by atoms with Gasteiger partial charge in [-0.05, 0) is 101 Å². The molecule has 0 N–H and O–H groups in total. The van der Waals surface area contributed by atoms with Gasteiger partial charge in [-0.2, -0.15) is 0 Å². The van der Waals surface area contributed by atoms with Crippen molar-refractivity contribution in [2.24, 2.45) is 0 Å². The molecule has 0 bridgehead atoms. The minimum Gasteiger partial charge on any atom is -0.310 e. The second kappa shape index (κ2) is 11.7. The van der Waals surface area contributed by atoms with Crippen LogP contribution in [0.3, 0.4) is 0 Å². The molecule has 0 amide bonds. The molecule has 0 fully saturated rings. The molecule has 2 nitrogen and oxygen atoms in total. The zero-order valence-corrected chi connectivity index (χ0v) is 27.7. The molecule has 2 heteroatoms. The van der Waals surface area contributed by atoms with Gasteiger partial charge in [0.15, 0.2) is 0 Å². The highest BCUT2D eigenvalue weighted by molar-refractivity contribution is 5.88. The molecule has 0 unspecified atom stereocenters. The Labute approximate surface area is 282 Å². The van der Waals surface area contributed by atoms with Crippen molar-refractivity contribution in [1.82, 2.24) is 4.57 Å². The Kier molecular flexibility index (Phi) is 7.22. The minimum atomic E-state index is -0.193. The van der Waals surface area contributed by atoms with Crippen molar-refractivity contribution in [3.63, 3.8) is 0 Å². The molecule has 1 aliphatic rings. The zero-order chi connectivity index (χ0) is 32.8. The Hall–Kier alpha value is -5.86. The Balaban J connectivity index is 1.24. The van der Waals surface area contributed by atoms with E-state index in [1.165, 1.54) is 49.5 Å². The Morgan fingerprint density at radius 2 is 1.19 bits per heavy atom. The van der Waals surface area contributed by atoms with Crippen LogP contribution < -0.4 is 15.5 Å². The predicted molar refractivity (Wildman–Crippen MR) is 205 cm³/mol. The van der Waals surface area contributed by atoms with Crippen LogP contribution in [0.4, 0.5) is 17.1 Å². The lowest BCUT2D eigenvalue weighted by atomic mass is 9.82. The maximum absolute atomic E-state index is 4.04. The van der Waals surface area contributed by atoms with Gasteiger partial charge in [-0.1, -0.05) is 124 Å². The second-order valence-electron chi connectivity index (χ2n) is 13.0. The molecular formula is C46H38N2. The zero-order valence-electron chi connectivity index (χ0n) is 27.7. The first kappa shape index (κ1) is 29.5. The molecule has 0 radical (unpaired) electrons. The van der Waals surface area contributed by atoms with Gasteiger partial charge in [0.25, 0.3) is 0 Å². The van der Waals surface area contributed by atoms with Gasteiger partial charge in [0.1, 0.15) is 0 Å². The fourth-order valence-corrected chi connectivity index (χ4v) is 7.59. The van der Waals surface area contributed by atoms with Crippen LogP contribution in [0.5, 0.6) is 0 Å². The van der Waals surface area contributed by atoms with E-state index in [1.807, 2.05) is 6.08 Å². The van der Waals surface area contributed by atoms with Crippen molar-refractivity contribution in [2.75, 3.05) is 4.90 Å². The summed E-state index contributed by atoms with van der Waals surface area (Å²) in [4.78, 5) is 2.37. The van der Waals surface area contributed by atoms with E-state index in [0.717, 1.165) is 28.1 Å². The van der Waals surface area contributed by atoms with Gasteiger partial charge in [0.05, 0.1) is 10.9 Å². The maximum atomic E-state index is 4.04. The number of fused-ring (bicyclic) bond motifs is 4. The molecule has 1 aromatic heterocycles. The second-order valence-corrected chi connectivity index (χ2v) is 13.0. The summed E-state index contributed by atoms with van der Waals surface area (Å²) in [6, 6.07) is 52.8. The number of nitrogens with zero attached hydrogens (tertiary/aromatic N) is 2. The highest BCUT2D eigenvalue weighted by Gasteiger charge is 2.36. The van der Waals surface area contributed by atoms with Crippen LogP contribution in [0.15, 0.2) is 158 Å². The molecule has 0 saturated carbocycles. The lowest BCUT2D eigenvalue weighted by molar-refractivity contribution is 0.660. The van der Waals surface area contributed by atoms with Crippen LogP contribution in [0.2, 0.25) is 0 Å². The summed E-state index contributed by atoms with van der Waals surface area (Å²) in [5, 5.41) is 3.63.